The highest BCUT2D eigenvalue weighted by Crippen LogP contribution is 2.24. The lowest BCUT2D eigenvalue weighted by Gasteiger charge is -2.10. The second-order valence-electron chi connectivity index (χ2n) is 4.74. The molecule has 0 aromatic carbocycles. The second kappa shape index (κ2) is 7.63. The third kappa shape index (κ3) is 6.08. The summed E-state index contributed by atoms with van der Waals surface area (Å²) in [5.41, 5.74) is 0. The van der Waals surface area contributed by atoms with Crippen LogP contribution in [-0.2, 0) is 4.79 Å². The zero-order valence-electron chi connectivity index (χ0n) is 9.82. The number of aliphatic hydroxyl groups is 1. The minimum Gasteiger partial charge on any atom is -0.481 e. The molecule has 0 amide bonds. The third-order valence-corrected chi connectivity index (χ3v) is 3.19. The van der Waals surface area contributed by atoms with E-state index < -0.39 is 5.97 Å². The molecule has 4 heteroatoms. The van der Waals surface area contributed by atoms with E-state index in [1.807, 2.05) is 0 Å². The van der Waals surface area contributed by atoms with Gasteiger partial charge in [-0.3, -0.25) is 4.79 Å². The van der Waals surface area contributed by atoms with E-state index in [0.717, 1.165) is 51.6 Å². The quantitative estimate of drug-likeness (QED) is 0.550. The van der Waals surface area contributed by atoms with E-state index in [9.17, 15) is 9.90 Å². The molecule has 2 atom stereocenters. The van der Waals surface area contributed by atoms with E-state index in [0.29, 0.717) is 5.92 Å². The number of carbonyl (C=O) groups is 1. The fourth-order valence-electron chi connectivity index (χ4n) is 2.24. The van der Waals surface area contributed by atoms with Gasteiger partial charge in [-0.05, 0) is 51.1 Å². The van der Waals surface area contributed by atoms with Crippen molar-refractivity contribution in [2.75, 3.05) is 13.1 Å². The van der Waals surface area contributed by atoms with Gasteiger partial charge in [-0.1, -0.05) is 6.42 Å². The van der Waals surface area contributed by atoms with Crippen LogP contribution < -0.4 is 5.32 Å². The number of unbranched alkanes of at least 4 members (excludes halogenated alkanes) is 2. The number of rotatable bonds is 8. The Morgan fingerprint density at radius 1 is 1.25 bits per heavy atom. The minimum absolute atomic E-state index is 0.0811. The molecule has 0 saturated heterocycles. The van der Waals surface area contributed by atoms with Gasteiger partial charge < -0.3 is 15.5 Å². The predicted molar refractivity (Wildman–Crippen MR) is 62.3 cm³/mol. The Morgan fingerprint density at radius 3 is 2.69 bits per heavy atom. The highest BCUT2D eigenvalue weighted by atomic mass is 16.4. The van der Waals surface area contributed by atoms with Crippen molar-refractivity contribution >= 4 is 5.97 Å². The topological polar surface area (TPSA) is 69.6 Å². The van der Waals surface area contributed by atoms with Gasteiger partial charge in [0.05, 0.1) is 6.10 Å². The van der Waals surface area contributed by atoms with Gasteiger partial charge in [0.1, 0.15) is 0 Å². The summed E-state index contributed by atoms with van der Waals surface area (Å²) in [6.07, 6.45) is 6.02. The largest absolute Gasteiger partial charge is 0.481 e. The van der Waals surface area contributed by atoms with Crippen LogP contribution in [0.4, 0.5) is 0 Å². The number of carboxylic acid groups (broad SMARTS) is 1. The molecule has 2 unspecified atom stereocenters. The molecule has 1 aliphatic carbocycles. The number of carboxylic acids is 1. The zero-order chi connectivity index (χ0) is 11.8. The molecule has 0 aromatic heterocycles. The lowest BCUT2D eigenvalue weighted by molar-refractivity contribution is -0.137. The summed E-state index contributed by atoms with van der Waals surface area (Å²) in [6, 6.07) is 0. The Bertz CT molecular complexity index is 208. The van der Waals surface area contributed by atoms with Crippen molar-refractivity contribution in [3.63, 3.8) is 0 Å². The van der Waals surface area contributed by atoms with Crippen LogP contribution in [0.5, 0.6) is 0 Å². The molecule has 0 bridgehead atoms. The Labute approximate surface area is 97.0 Å². The first kappa shape index (κ1) is 13.5. The molecule has 0 spiro atoms. The molecular weight excluding hydrogens is 206 g/mol. The molecule has 0 heterocycles. The molecule has 0 aromatic rings. The van der Waals surface area contributed by atoms with Gasteiger partial charge in [0.2, 0.25) is 0 Å². The number of hydrogen-bond acceptors (Lipinski definition) is 3. The van der Waals surface area contributed by atoms with E-state index in [-0.39, 0.29) is 12.5 Å². The summed E-state index contributed by atoms with van der Waals surface area (Å²) >= 11 is 0. The van der Waals surface area contributed by atoms with E-state index in [4.69, 9.17) is 5.11 Å². The maximum Gasteiger partial charge on any atom is 0.303 e. The van der Waals surface area contributed by atoms with E-state index in [2.05, 4.69) is 5.32 Å². The summed E-state index contributed by atoms with van der Waals surface area (Å²) in [5.74, 6) is -0.0677. The van der Waals surface area contributed by atoms with Crippen molar-refractivity contribution in [3.8, 4) is 0 Å². The SMILES string of the molecule is O=C(O)CCCCCNCC1CCC(O)C1. The van der Waals surface area contributed by atoms with Gasteiger partial charge in [-0.2, -0.15) is 0 Å². The fraction of sp³-hybridized carbons (Fsp3) is 0.917. The van der Waals surface area contributed by atoms with Gasteiger partial charge in [0.15, 0.2) is 0 Å². The van der Waals surface area contributed by atoms with Crippen LogP contribution in [0.15, 0.2) is 0 Å². The summed E-state index contributed by atoms with van der Waals surface area (Å²) in [7, 11) is 0. The standard InChI is InChI=1S/C12H23NO3/c14-11-6-5-10(8-11)9-13-7-3-1-2-4-12(15)16/h10-11,13-14H,1-9H2,(H,15,16). The van der Waals surface area contributed by atoms with Gasteiger partial charge in [0.25, 0.3) is 0 Å². The van der Waals surface area contributed by atoms with Gasteiger partial charge in [-0.25, -0.2) is 0 Å². The molecule has 16 heavy (non-hydrogen) atoms. The molecular formula is C12H23NO3. The summed E-state index contributed by atoms with van der Waals surface area (Å²) in [5, 5.41) is 21.2. The first-order valence-corrected chi connectivity index (χ1v) is 6.29. The van der Waals surface area contributed by atoms with Crippen molar-refractivity contribution in [1.82, 2.24) is 5.32 Å². The van der Waals surface area contributed by atoms with Crippen LogP contribution in [0.3, 0.4) is 0 Å². The third-order valence-electron chi connectivity index (χ3n) is 3.19. The number of hydrogen-bond donors (Lipinski definition) is 3. The van der Waals surface area contributed by atoms with E-state index in [1.165, 1.54) is 0 Å². The molecule has 1 saturated carbocycles. The Morgan fingerprint density at radius 2 is 2.06 bits per heavy atom. The van der Waals surface area contributed by atoms with Crippen LogP contribution in [-0.4, -0.2) is 35.4 Å². The Hall–Kier alpha value is -0.610. The van der Waals surface area contributed by atoms with Crippen LogP contribution >= 0.6 is 0 Å². The predicted octanol–water partition coefficient (Wildman–Crippen LogP) is 1.38. The summed E-state index contributed by atoms with van der Waals surface area (Å²) in [6.45, 7) is 1.96. The van der Waals surface area contributed by atoms with Gasteiger partial charge in [0, 0.05) is 6.42 Å². The van der Waals surface area contributed by atoms with Crippen LogP contribution in [0.25, 0.3) is 0 Å². The van der Waals surface area contributed by atoms with Gasteiger partial charge in [-0.15, -0.1) is 0 Å². The molecule has 3 N–H and O–H groups in total. The van der Waals surface area contributed by atoms with Crippen molar-refractivity contribution in [1.29, 1.82) is 0 Å². The van der Waals surface area contributed by atoms with E-state index in [1.54, 1.807) is 0 Å². The second-order valence-corrected chi connectivity index (χ2v) is 4.74. The molecule has 0 aliphatic heterocycles. The minimum atomic E-state index is -0.701. The summed E-state index contributed by atoms with van der Waals surface area (Å²) < 4.78 is 0. The maximum absolute atomic E-state index is 10.3. The Balaban J connectivity index is 1.83. The average Bonchev–Trinajstić information content (AvgIpc) is 2.62. The maximum atomic E-state index is 10.3. The van der Waals surface area contributed by atoms with Crippen molar-refractivity contribution in [2.24, 2.45) is 5.92 Å². The van der Waals surface area contributed by atoms with Crippen molar-refractivity contribution in [2.45, 2.75) is 51.0 Å². The lowest BCUT2D eigenvalue weighted by Crippen LogP contribution is -2.22. The monoisotopic (exact) mass is 229 g/mol. The first-order valence-electron chi connectivity index (χ1n) is 6.29. The Kier molecular flexibility index (Phi) is 6.42. The molecule has 0 radical (unpaired) electrons. The lowest BCUT2D eigenvalue weighted by atomic mass is 10.1. The zero-order valence-corrected chi connectivity index (χ0v) is 9.82. The van der Waals surface area contributed by atoms with E-state index >= 15 is 0 Å². The number of aliphatic hydroxyl groups excluding tert-OH is 1. The highest BCUT2D eigenvalue weighted by molar-refractivity contribution is 5.66. The highest BCUT2D eigenvalue weighted by Gasteiger charge is 2.21. The molecule has 1 aliphatic rings. The van der Waals surface area contributed by atoms with Crippen LogP contribution in [0, 0.1) is 5.92 Å². The smallest absolute Gasteiger partial charge is 0.303 e. The first-order chi connectivity index (χ1) is 7.68. The number of aliphatic carboxylic acids is 1. The van der Waals surface area contributed by atoms with Crippen molar-refractivity contribution < 1.29 is 15.0 Å². The molecule has 1 rings (SSSR count). The summed E-state index contributed by atoms with van der Waals surface area (Å²) in [4.78, 5) is 10.3. The van der Waals surface area contributed by atoms with Crippen LogP contribution in [0.1, 0.15) is 44.9 Å². The van der Waals surface area contributed by atoms with Crippen molar-refractivity contribution in [3.05, 3.63) is 0 Å². The molecule has 94 valence electrons. The molecule has 4 nitrogen and oxygen atoms in total. The van der Waals surface area contributed by atoms with Crippen LogP contribution in [0.2, 0.25) is 0 Å². The number of nitrogens with one attached hydrogen (secondary N) is 1. The normalized spacial score (nSPS) is 24.8. The average molecular weight is 229 g/mol. The molecule has 1 fully saturated rings. The van der Waals surface area contributed by atoms with Gasteiger partial charge >= 0.3 is 5.97 Å². The fourth-order valence-corrected chi connectivity index (χ4v) is 2.24.